The SMILES string of the molecule is C[C@]1(c2ccc3c(c2)OCCO3)NC(=O)N(CCSc2ccccc2F)C1=O. The highest BCUT2D eigenvalue weighted by Crippen LogP contribution is 2.37. The van der Waals surface area contributed by atoms with Crippen molar-refractivity contribution in [3.05, 3.63) is 53.8 Å². The predicted octanol–water partition coefficient (Wildman–Crippen LogP) is 3.16. The minimum atomic E-state index is -1.18. The van der Waals surface area contributed by atoms with Crippen LogP contribution in [-0.2, 0) is 10.3 Å². The molecular weight excluding hydrogens is 383 g/mol. The maximum atomic E-state index is 13.7. The summed E-state index contributed by atoms with van der Waals surface area (Å²) in [6.45, 7) is 2.77. The summed E-state index contributed by atoms with van der Waals surface area (Å²) in [6.07, 6.45) is 0. The summed E-state index contributed by atoms with van der Waals surface area (Å²) >= 11 is 1.27. The van der Waals surface area contributed by atoms with E-state index < -0.39 is 11.6 Å². The average molecular weight is 402 g/mol. The Hall–Kier alpha value is -2.74. The highest BCUT2D eigenvalue weighted by molar-refractivity contribution is 7.99. The van der Waals surface area contributed by atoms with E-state index in [1.165, 1.54) is 22.7 Å². The molecule has 0 unspecified atom stereocenters. The standard InChI is InChI=1S/C20H19FN2O4S/c1-20(13-6-7-15-16(12-13)27-10-9-26-15)18(24)23(19(25)22-20)8-11-28-17-5-3-2-4-14(17)21/h2-7,12H,8-11H2,1H3,(H,22,25)/t20-/m1/s1. The number of rotatable bonds is 5. The van der Waals surface area contributed by atoms with Crippen molar-refractivity contribution >= 4 is 23.7 Å². The molecule has 4 rings (SSSR count). The fourth-order valence-corrected chi connectivity index (χ4v) is 4.13. The smallest absolute Gasteiger partial charge is 0.325 e. The fraction of sp³-hybridized carbons (Fsp3) is 0.300. The van der Waals surface area contributed by atoms with E-state index in [4.69, 9.17) is 9.47 Å². The number of halogens is 1. The third-order valence-electron chi connectivity index (χ3n) is 4.80. The normalized spacial score (nSPS) is 21.0. The molecule has 28 heavy (non-hydrogen) atoms. The van der Waals surface area contributed by atoms with Crippen LogP contribution >= 0.6 is 11.8 Å². The van der Waals surface area contributed by atoms with Crippen molar-refractivity contribution in [2.75, 3.05) is 25.5 Å². The summed E-state index contributed by atoms with van der Waals surface area (Å²) in [5, 5.41) is 2.77. The number of hydrogen-bond acceptors (Lipinski definition) is 5. The van der Waals surface area contributed by atoms with Gasteiger partial charge in [0.15, 0.2) is 11.5 Å². The second kappa shape index (κ2) is 7.35. The number of fused-ring (bicyclic) bond motifs is 1. The van der Waals surface area contributed by atoms with E-state index in [1.54, 1.807) is 43.3 Å². The number of carbonyl (C=O) groups excluding carboxylic acids is 2. The Morgan fingerprint density at radius 1 is 1.14 bits per heavy atom. The van der Waals surface area contributed by atoms with Gasteiger partial charge in [-0.15, -0.1) is 11.8 Å². The summed E-state index contributed by atoms with van der Waals surface area (Å²) in [6, 6.07) is 11.2. The first-order valence-electron chi connectivity index (χ1n) is 8.90. The van der Waals surface area contributed by atoms with Crippen molar-refractivity contribution in [3.63, 3.8) is 0 Å². The third-order valence-corrected chi connectivity index (χ3v) is 5.83. The minimum absolute atomic E-state index is 0.184. The highest BCUT2D eigenvalue weighted by atomic mass is 32.2. The van der Waals surface area contributed by atoms with Gasteiger partial charge in [-0.1, -0.05) is 18.2 Å². The van der Waals surface area contributed by atoms with Gasteiger partial charge in [-0.25, -0.2) is 9.18 Å². The number of thioether (sulfide) groups is 1. The minimum Gasteiger partial charge on any atom is -0.486 e. The number of benzene rings is 2. The lowest BCUT2D eigenvalue weighted by molar-refractivity contribution is -0.130. The van der Waals surface area contributed by atoms with Gasteiger partial charge in [0.05, 0.1) is 0 Å². The molecule has 2 aliphatic rings. The van der Waals surface area contributed by atoms with Crippen LogP contribution in [0.4, 0.5) is 9.18 Å². The van der Waals surface area contributed by atoms with Crippen LogP contribution in [0, 0.1) is 5.82 Å². The van der Waals surface area contributed by atoms with Gasteiger partial charge >= 0.3 is 6.03 Å². The van der Waals surface area contributed by atoms with E-state index in [1.807, 2.05) is 0 Å². The second-order valence-electron chi connectivity index (χ2n) is 6.65. The Bertz CT molecular complexity index is 938. The number of nitrogens with one attached hydrogen (secondary N) is 1. The van der Waals surface area contributed by atoms with Crippen LogP contribution in [0.1, 0.15) is 12.5 Å². The molecule has 2 aliphatic heterocycles. The summed E-state index contributed by atoms with van der Waals surface area (Å²) in [7, 11) is 0. The molecule has 146 valence electrons. The molecule has 0 radical (unpaired) electrons. The largest absolute Gasteiger partial charge is 0.486 e. The molecule has 0 spiro atoms. The second-order valence-corrected chi connectivity index (χ2v) is 7.79. The molecule has 2 aromatic carbocycles. The number of ether oxygens (including phenoxy) is 2. The van der Waals surface area contributed by atoms with E-state index in [-0.39, 0.29) is 18.3 Å². The summed E-state index contributed by atoms with van der Waals surface area (Å²) in [5.41, 5.74) is -0.561. The first-order chi connectivity index (χ1) is 13.5. The van der Waals surface area contributed by atoms with Crippen molar-refractivity contribution in [3.8, 4) is 11.5 Å². The maximum absolute atomic E-state index is 13.7. The molecule has 1 N–H and O–H groups in total. The Kier molecular flexibility index (Phi) is 4.89. The lowest BCUT2D eigenvalue weighted by atomic mass is 9.91. The monoisotopic (exact) mass is 402 g/mol. The van der Waals surface area contributed by atoms with Gasteiger partial charge in [0.1, 0.15) is 24.6 Å². The first-order valence-corrected chi connectivity index (χ1v) is 9.89. The van der Waals surface area contributed by atoms with Crippen LogP contribution < -0.4 is 14.8 Å². The molecule has 1 saturated heterocycles. The van der Waals surface area contributed by atoms with E-state index in [9.17, 15) is 14.0 Å². The fourth-order valence-electron chi connectivity index (χ4n) is 3.26. The van der Waals surface area contributed by atoms with Crippen molar-refractivity contribution in [1.82, 2.24) is 10.2 Å². The number of carbonyl (C=O) groups is 2. The number of hydrogen-bond donors (Lipinski definition) is 1. The Morgan fingerprint density at radius 3 is 2.68 bits per heavy atom. The van der Waals surface area contributed by atoms with Gasteiger partial charge in [-0.3, -0.25) is 9.69 Å². The molecule has 1 atom stereocenters. The molecule has 0 bridgehead atoms. The third kappa shape index (κ3) is 3.28. The maximum Gasteiger partial charge on any atom is 0.325 e. The van der Waals surface area contributed by atoms with Crippen molar-refractivity contribution in [2.24, 2.45) is 0 Å². The summed E-state index contributed by atoms with van der Waals surface area (Å²) in [5.74, 6) is 0.917. The molecule has 1 fully saturated rings. The number of imide groups is 1. The molecule has 2 aromatic rings. The molecular formula is C20H19FN2O4S. The molecule has 2 heterocycles. The van der Waals surface area contributed by atoms with Gasteiger partial charge in [0.25, 0.3) is 5.91 Å². The zero-order valence-electron chi connectivity index (χ0n) is 15.2. The summed E-state index contributed by atoms with van der Waals surface area (Å²) in [4.78, 5) is 27.1. The highest BCUT2D eigenvalue weighted by Gasteiger charge is 2.49. The predicted molar refractivity (Wildman–Crippen MR) is 102 cm³/mol. The van der Waals surface area contributed by atoms with Gasteiger partial charge in [0, 0.05) is 17.2 Å². The van der Waals surface area contributed by atoms with Crippen molar-refractivity contribution in [2.45, 2.75) is 17.4 Å². The number of nitrogens with zero attached hydrogens (tertiary/aromatic N) is 1. The molecule has 3 amide bonds. The lowest BCUT2D eigenvalue weighted by Gasteiger charge is -2.25. The van der Waals surface area contributed by atoms with Crippen LogP contribution in [0.25, 0.3) is 0 Å². The van der Waals surface area contributed by atoms with Crippen molar-refractivity contribution in [1.29, 1.82) is 0 Å². The zero-order chi connectivity index (χ0) is 19.7. The van der Waals surface area contributed by atoms with Crippen LogP contribution in [0.15, 0.2) is 47.4 Å². The number of amides is 3. The average Bonchev–Trinajstić information content (AvgIpc) is 2.93. The zero-order valence-corrected chi connectivity index (χ0v) is 16.1. The van der Waals surface area contributed by atoms with Crippen LogP contribution in [0.2, 0.25) is 0 Å². The van der Waals surface area contributed by atoms with E-state index >= 15 is 0 Å². The Morgan fingerprint density at radius 2 is 1.89 bits per heavy atom. The van der Waals surface area contributed by atoms with Crippen molar-refractivity contribution < 1.29 is 23.5 Å². The van der Waals surface area contributed by atoms with Gasteiger partial charge < -0.3 is 14.8 Å². The van der Waals surface area contributed by atoms with E-state index in [0.29, 0.717) is 40.9 Å². The van der Waals surface area contributed by atoms with Crippen LogP contribution in [-0.4, -0.2) is 42.3 Å². The topological polar surface area (TPSA) is 67.9 Å². The molecule has 0 aliphatic carbocycles. The van der Waals surface area contributed by atoms with Crippen LogP contribution in [0.3, 0.4) is 0 Å². The first kappa shape index (κ1) is 18.6. The molecule has 0 aromatic heterocycles. The van der Waals surface area contributed by atoms with Crippen LogP contribution in [0.5, 0.6) is 11.5 Å². The lowest BCUT2D eigenvalue weighted by Crippen LogP contribution is -2.41. The molecule has 8 heteroatoms. The van der Waals surface area contributed by atoms with E-state index in [2.05, 4.69) is 5.32 Å². The molecule has 6 nitrogen and oxygen atoms in total. The van der Waals surface area contributed by atoms with Gasteiger partial charge in [-0.2, -0.15) is 0 Å². The number of urea groups is 1. The van der Waals surface area contributed by atoms with Gasteiger partial charge in [0.2, 0.25) is 0 Å². The summed E-state index contributed by atoms with van der Waals surface area (Å²) < 4.78 is 24.8. The Labute approximate surface area is 166 Å². The quantitative estimate of drug-likeness (QED) is 0.615. The Balaban J connectivity index is 1.48. The van der Waals surface area contributed by atoms with E-state index in [0.717, 1.165) is 0 Å². The molecule has 0 saturated carbocycles. The van der Waals surface area contributed by atoms with Gasteiger partial charge in [-0.05, 0) is 36.8 Å².